The van der Waals surface area contributed by atoms with Crippen molar-refractivity contribution in [2.24, 2.45) is 0 Å². The first-order valence-corrected chi connectivity index (χ1v) is 5.54. The van der Waals surface area contributed by atoms with Gasteiger partial charge in [0.05, 0.1) is 7.11 Å². The standard InChI is InChI=1S/C14H22O/c1-10(2)12-9-11(14(3,4)5)7-8-13(12)15-6/h7-10H,1-6H3. The van der Waals surface area contributed by atoms with Crippen LogP contribution in [0.3, 0.4) is 0 Å². The van der Waals surface area contributed by atoms with Crippen LogP contribution in [0.25, 0.3) is 0 Å². The van der Waals surface area contributed by atoms with E-state index < -0.39 is 0 Å². The van der Waals surface area contributed by atoms with E-state index in [-0.39, 0.29) is 5.41 Å². The van der Waals surface area contributed by atoms with E-state index >= 15 is 0 Å². The van der Waals surface area contributed by atoms with Crippen LogP contribution >= 0.6 is 0 Å². The molecule has 0 radical (unpaired) electrons. The summed E-state index contributed by atoms with van der Waals surface area (Å²) in [5.74, 6) is 1.50. The number of benzene rings is 1. The van der Waals surface area contributed by atoms with E-state index in [1.807, 2.05) is 0 Å². The fraction of sp³-hybridized carbons (Fsp3) is 0.571. The summed E-state index contributed by atoms with van der Waals surface area (Å²) in [6.07, 6.45) is 0. The third-order valence-corrected chi connectivity index (χ3v) is 2.72. The maximum absolute atomic E-state index is 5.37. The van der Waals surface area contributed by atoms with Crippen molar-refractivity contribution in [3.05, 3.63) is 29.3 Å². The minimum atomic E-state index is 0.204. The summed E-state index contributed by atoms with van der Waals surface area (Å²) < 4.78 is 5.37. The van der Waals surface area contributed by atoms with Gasteiger partial charge in [0.1, 0.15) is 5.75 Å². The molecular formula is C14H22O. The van der Waals surface area contributed by atoms with Gasteiger partial charge in [-0.15, -0.1) is 0 Å². The Hall–Kier alpha value is -0.980. The summed E-state index contributed by atoms with van der Waals surface area (Å²) in [6.45, 7) is 11.1. The summed E-state index contributed by atoms with van der Waals surface area (Å²) >= 11 is 0. The quantitative estimate of drug-likeness (QED) is 0.707. The van der Waals surface area contributed by atoms with Crippen molar-refractivity contribution in [3.8, 4) is 5.75 Å². The van der Waals surface area contributed by atoms with Gasteiger partial charge in [-0.1, -0.05) is 46.8 Å². The average molecular weight is 206 g/mol. The molecule has 0 bridgehead atoms. The SMILES string of the molecule is COc1ccc(C(C)(C)C)cc1C(C)C. The van der Waals surface area contributed by atoms with Crippen molar-refractivity contribution in [2.45, 2.75) is 46.0 Å². The second-order valence-corrected chi connectivity index (χ2v) is 5.36. The summed E-state index contributed by atoms with van der Waals surface area (Å²) in [6, 6.07) is 6.50. The first-order chi connectivity index (χ1) is 6.86. The highest BCUT2D eigenvalue weighted by atomic mass is 16.5. The second kappa shape index (κ2) is 4.26. The van der Waals surface area contributed by atoms with Gasteiger partial charge in [-0.3, -0.25) is 0 Å². The first kappa shape index (κ1) is 12.1. The average Bonchev–Trinajstić information content (AvgIpc) is 2.15. The van der Waals surface area contributed by atoms with Crippen molar-refractivity contribution < 1.29 is 4.74 Å². The molecule has 1 aromatic rings. The minimum Gasteiger partial charge on any atom is -0.496 e. The minimum absolute atomic E-state index is 0.204. The van der Waals surface area contributed by atoms with Gasteiger partial charge in [-0.2, -0.15) is 0 Å². The molecule has 0 saturated heterocycles. The molecule has 84 valence electrons. The molecule has 1 nitrogen and oxygen atoms in total. The second-order valence-electron chi connectivity index (χ2n) is 5.36. The van der Waals surface area contributed by atoms with Crippen LogP contribution in [0, 0.1) is 0 Å². The largest absolute Gasteiger partial charge is 0.496 e. The Bertz CT molecular complexity index is 332. The van der Waals surface area contributed by atoms with Crippen molar-refractivity contribution in [1.82, 2.24) is 0 Å². The summed E-state index contributed by atoms with van der Waals surface area (Å²) in [5, 5.41) is 0. The fourth-order valence-corrected chi connectivity index (χ4v) is 1.65. The maximum Gasteiger partial charge on any atom is 0.122 e. The smallest absolute Gasteiger partial charge is 0.122 e. The van der Waals surface area contributed by atoms with Gasteiger partial charge in [-0.25, -0.2) is 0 Å². The van der Waals surface area contributed by atoms with E-state index in [1.165, 1.54) is 11.1 Å². The third kappa shape index (κ3) is 2.74. The van der Waals surface area contributed by atoms with Crippen LogP contribution in [-0.4, -0.2) is 7.11 Å². The summed E-state index contributed by atoms with van der Waals surface area (Å²) in [5.41, 5.74) is 2.87. The van der Waals surface area contributed by atoms with Crippen molar-refractivity contribution in [2.75, 3.05) is 7.11 Å². The lowest BCUT2D eigenvalue weighted by Crippen LogP contribution is -2.11. The number of hydrogen-bond donors (Lipinski definition) is 0. The van der Waals surface area contributed by atoms with Crippen molar-refractivity contribution in [3.63, 3.8) is 0 Å². The summed E-state index contributed by atoms with van der Waals surface area (Å²) in [7, 11) is 1.73. The molecule has 0 fully saturated rings. The summed E-state index contributed by atoms with van der Waals surface area (Å²) in [4.78, 5) is 0. The van der Waals surface area contributed by atoms with Crippen molar-refractivity contribution in [1.29, 1.82) is 0 Å². The van der Waals surface area contributed by atoms with E-state index in [1.54, 1.807) is 7.11 Å². The lowest BCUT2D eigenvalue weighted by atomic mass is 9.84. The van der Waals surface area contributed by atoms with Crippen LogP contribution in [0.5, 0.6) is 5.75 Å². The molecule has 0 amide bonds. The molecule has 0 saturated carbocycles. The number of ether oxygens (including phenoxy) is 1. The zero-order chi connectivity index (χ0) is 11.6. The molecule has 0 aliphatic rings. The molecule has 0 heterocycles. The Labute approximate surface area is 93.5 Å². The topological polar surface area (TPSA) is 9.23 Å². The van der Waals surface area contributed by atoms with Gasteiger partial charge in [-0.05, 0) is 28.5 Å². The van der Waals surface area contributed by atoms with E-state index in [4.69, 9.17) is 4.74 Å². The lowest BCUT2D eigenvalue weighted by Gasteiger charge is -2.22. The van der Waals surface area contributed by atoms with E-state index in [0.29, 0.717) is 5.92 Å². The van der Waals surface area contributed by atoms with E-state index in [9.17, 15) is 0 Å². The Kier molecular flexibility index (Phi) is 3.43. The van der Waals surface area contributed by atoms with Gasteiger partial charge < -0.3 is 4.74 Å². The predicted molar refractivity (Wildman–Crippen MR) is 65.8 cm³/mol. The Morgan fingerprint density at radius 3 is 2.13 bits per heavy atom. The first-order valence-electron chi connectivity index (χ1n) is 5.54. The molecule has 15 heavy (non-hydrogen) atoms. The molecule has 0 aliphatic carbocycles. The highest BCUT2D eigenvalue weighted by molar-refractivity contribution is 5.41. The van der Waals surface area contributed by atoms with Crippen LogP contribution in [0.2, 0.25) is 0 Å². The van der Waals surface area contributed by atoms with Crippen LogP contribution in [0.4, 0.5) is 0 Å². The molecule has 1 aromatic carbocycles. The molecule has 0 aliphatic heterocycles. The Balaban J connectivity index is 3.22. The van der Waals surface area contributed by atoms with Gasteiger partial charge >= 0.3 is 0 Å². The molecule has 0 unspecified atom stereocenters. The highest BCUT2D eigenvalue weighted by Crippen LogP contribution is 2.31. The number of rotatable bonds is 2. The zero-order valence-electron chi connectivity index (χ0n) is 10.7. The lowest BCUT2D eigenvalue weighted by molar-refractivity contribution is 0.407. The van der Waals surface area contributed by atoms with Crippen molar-refractivity contribution >= 4 is 0 Å². The molecular weight excluding hydrogens is 184 g/mol. The molecule has 0 atom stereocenters. The monoisotopic (exact) mass is 206 g/mol. The predicted octanol–water partition coefficient (Wildman–Crippen LogP) is 4.12. The fourth-order valence-electron chi connectivity index (χ4n) is 1.65. The van der Waals surface area contributed by atoms with Crippen LogP contribution in [0.1, 0.15) is 51.7 Å². The molecule has 1 heteroatoms. The van der Waals surface area contributed by atoms with Gasteiger partial charge in [0.2, 0.25) is 0 Å². The number of methoxy groups -OCH3 is 1. The van der Waals surface area contributed by atoms with Crippen LogP contribution in [0.15, 0.2) is 18.2 Å². The van der Waals surface area contributed by atoms with Gasteiger partial charge in [0.15, 0.2) is 0 Å². The third-order valence-electron chi connectivity index (χ3n) is 2.72. The molecule has 0 N–H and O–H groups in total. The maximum atomic E-state index is 5.37. The molecule has 1 rings (SSSR count). The van der Waals surface area contributed by atoms with E-state index in [0.717, 1.165) is 5.75 Å². The van der Waals surface area contributed by atoms with Crippen LogP contribution < -0.4 is 4.74 Å². The van der Waals surface area contributed by atoms with Gasteiger partial charge in [0.25, 0.3) is 0 Å². The molecule has 0 spiro atoms. The van der Waals surface area contributed by atoms with E-state index in [2.05, 4.69) is 52.8 Å². The molecule has 0 aromatic heterocycles. The zero-order valence-corrected chi connectivity index (χ0v) is 10.7. The highest BCUT2D eigenvalue weighted by Gasteiger charge is 2.16. The Morgan fingerprint density at radius 1 is 1.13 bits per heavy atom. The normalized spacial score (nSPS) is 11.9. The van der Waals surface area contributed by atoms with Crippen LogP contribution in [-0.2, 0) is 5.41 Å². The Morgan fingerprint density at radius 2 is 1.73 bits per heavy atom. The number of hydrogen-bond acceptors (Lipinski definition) is 1. The van der Waals surface area contributed by atoms with Gasteiger partial charge in [0, 0.05) is 0 Å².